The van der Waals surface area contributed by atoms with Crippen LogP contribution in [0.15, 0.2) is 0 Å². The van der Waals surface area contributed by atoms with Crippen LogP contribution in [0, 0.1) is 5.92 Å². The highest BCUT2D eigenvalue weighted by Gasteiger charge is 2.32. The molecule has 1 saturated heterocycles. The number of carbonyl (C=O) groups is 1. The third kappa shape index (κ3) is 4.94. The van der Waals surface area contributed by atoms with Gasteiger partial charge >= 0.3 is 6.03 Å². The molecule has 0 aromatic rings. The summed E-state index contributed by atoms with van der Waals surface area (Å²) in [6.07, 6.45) is 5.10. The molecular formula is C15H29N3O2. The van der Waals surface area contributed by atoms with Crippen LogP contribution in [-0.4, -0.2) is 53.9 Å². The highest BCUT2D eigenvalue weighted by Crippen LogP contribution is 2.29. The van der Waals surface area contributed by atoms with E-state index in [1.807, 2.05) is 13.8 Å². The fourth-order valence-corrected chi connectivity index (χ4v) is 2.75. The van der Waals surface area contributed by atoms with Crippen LogP contribution in [0.2, 0.25) is 0 Å². The Morgan fingerprint density at radius 1 is 1.25 bits per heavy atom. The second kappa shape index (κ2) is 7.27. The molecule has 1 unspecified atom stereocenters. The van der Waals surface area contributed by atoms with Crippen LogP contribution in [0.1, 0.15) is 46.0 Å². The Morgan fingerprint density at radius 2 is 1.90 bits per heavy atom. The Balaban J connectivity index is 1.55. The summed E-state index contributed by atoms with van der Waals surface area (Å²) in [5.74, 6) is 0.242. The zero-order chi connectivity index (χ0) is 14.5. The monoisotopic (exact) mass is 283 g/mol. The number of urea groups is 1. The van der Waals surface area contributed by atoms with E-state index in [0.717, 1.165) is 32.0 Å². The lowest BCUT2D eigenvalue weighted by Crippen LogP contribution is -2.48. The van der Waals surface area contributed by atoms with E-state index in [0.29, 0.717) is 19.0 Å². The summed E-state index contributed by atoms with van der Waals surface area (Å²) >= 11 is 0. The lowest BCUT2D eigenvalue weighted by atomic mass is 10.0. The zero-order valence-corrected chi connectivity index (χ0v) is 12.8. The van der Waals surface area contributed by atoms with E-state index >= 15 is 0 Å². The molecule has 0 bridgehead atoms. The minimum atomic E-state index is -0.336. The van der Waals surface area contributed by atoms with Crippen molar-refractivity contribution in [1.82, 2.24) is 15.5 Å². The molecule has 3 N–H and O–H groups in total. The van der Waals surface area contributed by atoms with Gasteiger partial charge in [-0.05, 0) is 38.0 Å². The fourth-order valence-electron chi connectivity index (χ4n) is 2.75. The summed E-state index contributed by atoms with van der Waals surface area (Å²) < 4.78 is 0. The van der Waals surface area contributed by atoms with Gasteiger partial charge in [-0.3, -0.25) is 0 Å². The van der Waals surface area contributed by atoms with E-state index < -0.39 is 0 Å². The second-order valence-corrected chi connectivity index (χ2v) is 6.54. The van der Waals surface area contributed by atoms with Crippen molar-refractivity contribution in [3.8, 4) is 0 Å². The number of nitrogens with zero attached hydrogens (tertiary/aromatic N) is 1. The third-order valence-electron chi connectivity index (χ3n) is 4.42. The van der Waals surface area contributed by atoms with Gasteiger partial charge in [-0.2, -0.15) is 0 Å². The standard InChI is InChI=1S/C15H29N3O2/c1-11(2)14(19)5-8-16-15(20)17-12-6-9-18(10-7-12)13-3-4-13/h11-14,19H,3-10H2,1-2H3,(H2,16,17,20). The number of piperidine rings is 1. The molecule has 0 aromatic carbocycles. The van der Waals surface area contributed by atoms with E-state index in [-0.39, 0.29) is 18.1 Å². The number of rotatable bonds is 6. The van der Waals surface area contributed by atoms with Gasteiger partial charge in [-0.15, -0.1) is 0 Å². The summed E-state index contributed by atoms with van der Waals surface area (Å²) in [5, 5.41) is 15.6. The molecule has 5 heteroatoms. The van der Waals surface area contributed by atoms with Crippen molar-refractivity contribution in [3.63, 3.8) is 0 Å². The summed E-state index contributed by atoms with van der Waals surface area (Å²) in [4.78, 5) is 14.3. The Hall–Kier alpha value is -0.810. The van der Waals surface area contributed by atoms with Gasteiger partial charge in [0.1, 0.15) is 0 Å². The summed E-state index contributed by atoms with van der Waals surface area (Å²) in [5.41, 5.74) is 0. The molecule has 1 heterocycles. The molecule has 5 nitrogen and oxygen atoms in total. The predicted molar refractivity (Wildman–Crippen MR) is 79.6 cm³/mol. The number of likely N-dealkylation sites (tertiary alicyclic amines) is 1. The molecule has 2 amide bonds. The average Bonchev–Trinajstić information content (AvgIpc) is 3.23. The maximum absolute atomic E-state index is 11.8. The van der Waals surface area contributed by atoms with Crippen LogP contribution >= 0.6 is 0 Å². The van der Waals surface area contributed by atoms with E-state index in [1.54, 1.807) is 0 Å². The van der Waals surface area contributed by atoms with Crippen molar-refractivity contribution in [2.45, 2.75) is 64.1 Å². The molecule has 2 rings (SSSR count). The Morgan fingerprint density at radius 3 is 2.45 bits per heavy atom. The molecule has 1 saturated carbocycles. The van der Waals surface area contributed by atoms with Crippen LogP contribution in [0.3, 0.4) is 0 Å². The molecule has 2 fully saturated rings. The minimum Gasteiger partial charge on any atom is -0.393 e. The molecular weight excluding hydrogens is 254 g/mol. The second-order valence-electron chi connectivity index (χ2n) is 6.54. The van der Waals surface area contributed by atoms with E-state index in [2.05, 4.69) is 15.5 Å². The van der Waals surface area contributed by atoms with Crippen molar-refractivity contribution in [3.05, 3.63) is 0 Å². The third-order valence-corrected chi connectivity index (χ3v) is 4.42. The van der Waals surface area contributed by atoms with Crippen LogP contribution in [0.25, 0.3) is 0 Å². The fraction of sp³-hybridized carbons (Fsp3) is 0.933. The molecule has 1 atom stereocenters. The number of aliphatic hydroxyl groups excluding tert-OH is 1. The van der Waals surface area contributed by atoms with E-state index in [9.17, 15) is 9.90 Å². The molecule has 20 heavy (non-hydrogen) atoms. The van der Waals surface area contributed by atoms with Crippen molar-refractivity contribution in [2.24, 2.45) is 5.92 Å². The van der Waals surface area contributed by atoms with Gasteiger partial charge in [0.2, 0.25) is 0 Å². The number of amides is 2. The first-order chi connectivity index (χ1) is 9.56. The Labute approximate surface area is 122 Å². The van der Waals surface area contributed by atoms with E-state index in [4.69, 9.17) is 0 Å². The molecule has 1 aliphatic carbocycles. The first-order valence-electron chi connectivity index (χ1n) is 8.02. The minimum absolute atomic E-state index is 0.0918. The average molecular weight is 283 g/mol. The molecule has 0 radical (unpaired) electrons. The smallest absolute Gasteiger partial charge is 0.315 e. The van der Waals surface area contributed by atoms with E-state index in [1.165, 1.54) is 12.8 Å². The van der Waals surface area contributed by atoms with Gasteiger partial charge in [0.25, 0.3) is 0 Å². The number of nitrogens with one attached hydrogen (secondary N) is 2. The van der Waals surface area contributed by atoms with Crippen LogP contribution in [-0.2, 0) is 0 Å². The van der Waals surface area contributed by atoms with Gasteiger partial charge in [-0.25, -0.2) is 4.79 Å². The first kappa shape index (κ1) is 15.6. The topological polar surface area (TPSA) is 64.6 Å². The van der Waals surface area contributed by atoms with Crippen molar-refractivity contribution >= 4 is 6.03 Å². The predicted octanol–water partition coefficient (Wildman–Crippen LogP) is 1.32. The highest BCUT2D eigenvalue weighted by atomic mass is 16.3. The highest BCUT2D eigenvalue weighted by molar-refractivity contribution is 5.74. The SMILES string of the molecule is CC(C)C(O)CCNC(=O)NC1CCN(C2CC2)CC1. The number of hydrogen-bond donors (Lipinski definition) is 3. The van der Waals surface area contributed by atoms with Crippen molar-refractivity contribution < 1.29 is 9.90 Å². The summed E-state index contributed by atoms with van der Waals surface area (Å²) in [7, 11) is 0. The molecule has 2 aliphatic rings. The van der Waals surface area contributed by atoms with Crippen molar-refractivity contribution in [2.75, 3.05) is 19.6 Å². The van der Waals surface area contributed by atoms with Gasteiger partial charge in [0, 0.05) is 31.7 Å². The lowest BCUT2D eigenvalue weighted by molar-refractivity contribution is 0.116. The molecule has 1 aliphatic heterocycles. The van der Waals surface area contributed by atoms with Crippen LogP contribution in [0.5, 0.6) is 0 Å². The quantitative estimate of drug-likeness (QED) is 0.689. The number of hydrogen-bond acceptors (Lipinski definition) is 3. The number of aliphatic hydroxyl groups is 1. The van der Waals surface area contributed by atoms with Crippen LogP contribution < -0.4 is 10.6 Å². The van der Waals surface area contributed by atoms with Gasteiger partial charge < -0.3 is 20.6 Å². The number of carbonyl (C=O) groups excluding carboxylic acids is 1. The van der Waals surface area contributed by atoms with Gasteiger partial charge in [0.15, 0.2) is 0 Å². The Bertz CT molecular complexity index is 310. The maximum atomic E-state index is 11.8. The maximum Gasteiger partial charge on any atom is 0.315 e. The molecule has 0 spiro atoms. The summed E-state index contributed by atoms with van der Waals surface area (Å²) in [6, 6.07) is 1.05. The summed E-state index contributed by atoms with van der Waals surface area (Å²) in [6.45, 7) is 6.73. The largest absolute Gasteiger partial charge is 0.393 e. The van der Waals surface area contributed by atoms with Gasteiger partial charge in [0.05, 0.1) is 6.10 Å². The Kier molecular flexibility index (Phi) is 5.66. The lowest BCUT2D eigenvalue weighted by Gasteiger charge is -2.32. The first-order valence-corrected chi connectivity index (χ1v) is 8.02. The van der Waals surface area contributed by atoms with Crippen molar-refractivity contribution in [1.29, 1.82) is 0 Å². The molecule has 0 aromatic heterocycles. The molecule has 116 valence electrons. The normalized spacial score (nSPS) is 22.8. The van der Waals surface area contributed by atoms with Crippen LogP contribution in [0.4, 0.5) is 4.79 Å². The van der Waals surface area contributed by atoms with Gasteiger partial charge in [-0.1, -0.05) is 13.8 Å². The zero-order valence-electron chi connectivity index (χ0n) is 12.8.